The maximum absolute atomic E-state index is 13.0. The molecule has 1 aliphatic heterocycles. The number of nitro benzene ring substituents is 1. The zero-order chi connectivity index (χ0) is 20.9. The molecule has 162 valence electrons. The van der Waals surface area contributed by atoms with E-state index >= 15 is 0 Å². The van der Waals surface area contributed by atoms with Crippen LogP contribution in [0.15, 0.2) is 54.6 Å². The van der Waals surface area contributed by atoms with Crippen molar-refractivity contribution in [3.63, 3.8) is 0 Å². The molecule has 1 amide bonds. The van der Waals surface area contributed by atoms with Crippen LogP contribution in [0.2, 0.25) is 0 Å². The van der Waals surface area contributed by atoms with Crippen LogP contribution in [0.3, 0.4) is 0 Å². The SMILES string of the molecule is Cl.O=C(Nc1ccccc1)c1sc(NCC2CCCO2)nc1-c1ccc([N+](=O)[O-])cc1. The molecule has 0 bridgehead atoms. The monoisotopic (exact) mass is 460 g/mol. The molecule has 1 aliphatic rings. The Morgan fingerprint density at radius 2 is 1.94 bits per heavy atom. The van der Waals surface area contributed by atoms with Gasteiger partial charge in [-0.3, -0.25) is 14.9 Å². The Bertz CT molecular complexity index is 1040. The Hall–Kier alpha value is -3.01. The number of hydrogen-bond donors (Lipinski definition) is 2. The van der Waals surface area contributed by atoms with Crippen molar-refractivity contribution in [1.29, 1.82) is 0 Å². The van der Waals surface area contributed by atoms with Crippen LogP contribution in [0, 0.1) is 10.1 Å². The number of carbonyl (C=O) groups excluding carboxylic acids is 1. The lowest BCUT2D eigenvalue weighted by Gasteiger charge is -2.09. The lowest BCUT2D eigenvalue weighted by molar-refractivity contribution is -0.384. The summed E-state index contributed by atoms with van der Waals surface area (Å²) in [7, 11) is 0. The van der Waals surface area contributed by atoms with Gasteiger partial charge in [0, 0.05) is 36.5 Å². The molecule has 2 heterocycles. The first kappa shape index (κ1) is 22.7. The number of thiazole rings is 1. The highest BCUT2D eigenvalue weighted by atomic mass is 35.5. The molecule has 4 rings (SSSR count). The molecule has 31 heavy (non-hydrogen) atoms. The third kappa shape index (κ3) is 5.57. The number of anilines is 2. The minimum absolute atomic E-state index is 0. The van der Waals surface area contributed by atoms with Gasteiger partial charge in [-0.15, -0.1) is 12.4 Å². The first-order chi connectivity index (χ1) is 14.6. The number of nitro groups is 1. The maximum Gasteiger partial charge on any atom is 0.269 e. The summed E-state index contributed by atoms with van der Waals surface area (Å²) in [5, 5.41) is 17.7. The van der Waals surface area contributed by atoms with Gasteiger partial charge in [0.05, 0.1) is 16.7 Å². The molecule has 8 nitrogen and oxygen atoms in total. The Morgan fingerprint density at radius 3 is 2.58 bits per heavy atom. The molecule has 1 atom stereocenters. The van der Waals surface area contributed by atoms with Crippen molar-refractivity contribution in [2.24, 2.45) is 0 Å². The average Bonchev–Trinajstić information content (AvgIpc) is 3.43. The summed E-state index contributed by atoms with van der Waals surface area (Å²) in [6.45, 7) is 1.38. The molecule has 1 saturated heterocycles. The van der Waals surface area contributed by atoms with E-state index in [0.717, 1.165) is 19.4 Å². The van der Waals surface area contributed by atoms with Crippen LogP contribution in [-0.2, 0) is 4.74 Å². The summed E-state index contributed by atoms with van der Waals surface area (Å²) in [6, 6.07) is 15.2. The van der Waals surface area contributed by atoms with Gasteiger partial charge in [0.2, 0.25) is 0 Å². The van der Waals surface area contributed by atoms with E-state index in [2.05, 4.69) is 15.6 Å². The highest BCUT2D eigenvalue weighted by molar-refractivity contribution is 7.18. The van der Waals surface area contributed by atoms with Crippen LogP contribution in [0.1, 0.15) is 22.5 Å². The Kier molecular flexibility index (Phi) is 7.56. The number of benzene rings is 2. The van der Waals surface area contributed by atoms with Gasteiger partial charge in [-0.2, -0.15) is 0 Å². The van der Waals surface area contributed by atoms with Crippen LogP contribution < -0.4 is 10.6 Å². The summed E-state index contributed by atoms with van der Waals surface area (Å²) < 4.78 is 5.63. The fourth-order valence-corrected chi connectivity index (χ4v) is 4.09. The topological polar surface area (TPSA) is 106 Å². The molecule has 3 aromatic rings. The van der Waals surface area contributed by atoms with E-state index in [1.54, 1.807) is 24.3 Å². The van der Waals surface area contributed by atoms with Gasteiger partial charge in [0.1, 0.15) is 4.88 Å². The number of hydrogen-bond acceptors (Lipinski definition) is 7. The number of rotatable bonds is 7. The van der Waals surface area contributed by atoms with E-state index < -0.39 is 4.92 Å². The number of aromatic nitrogens is 1. The highest BCUT2D eigenvalue weighted by Gasteiger charge is 2.22. The number of non-ortho nitro benzene ring substituents is 1. The number of ether oxygens (including phenoxy) is 1. The normalized spacial score (nSPS) is 15.2. The molecular formula is C21H21ClN4O4S. The first-order valence-electron chi connectivity index (χ1n) is 9.57. The van der Waals surface area contributed by atoms with Crippen molar-refractivity contribution < 1.29 is 14.5 Å². The van der Waals surface area contributed by atoms with E-state index in [0.29, 0.717) is 33.5 Å². The summed E-state index contributed by atoms with van der Waals surface area (Å²) >= 11 is 1.25. The minimum atomic E-state index is -0.456. The lowest BCUT2D eigenvalue weighted by atomic mass is 10.1. The fourth-order valence-electron chi connectivity index (χ4n) is 3.20. The standard InChI is InChI=1S/C21H20N4O4S.ClH/c26-20(23-15-5-2-1-3-6-15)19-18(14-8-10-16(11-9-14)25(27)28)24-21(30-19)22-13-17-7-4-12-29-17;/h1-3,5-6,8-11,17H,4,7,12-13H2,(H,22,24)(H,23,26);1H. The van der Waals surface area contributed by atoms with Gasteiger partial charge in [-0.25, -0.2) is 4.98 Å². The van der Waals surface area contributed by atoms with Gasteiger partial charge in [0.25, 0.3) is 11.6 Å². The largest absolute Gasteiger partial charge is 0.376 e. The number of nitrogens with one attached hydrogen (secondary N) is 2. The molecule has 0 aliphatic carbocycles. The van der Waals surface area contributed by atoms with Gasteiger partial charge in [-0.05, 0) is 37.1 Å². The summed E-state index contributed by atoms with van der Waals surface area (Å²) in [6.07, 6.45) is 2.18. The van der Waals surface area contributed by atoms with Crippen LogP contribution in [-0.4, -0.2) is 35.1 Å². The third-order valence-corrected chi connectivity index (χ3v) is 5.73. The van der Waals surface area contributed by atoms with Crippen molar-refractivity contribution in [2.45, 2.75) is 18.9 Å². The van der Waals surface area contributed by atoms with E-state index in [4.69, 9.17) is 4.74 Å². The predicted octanol–water partition coefficient (Wildman–Crippen LogP) is 4.98. The molecule has 1 unspecified atom stereocenters. The van der Waals surface area contributed by atoms with E-state index in [1.165, 1.54) is 23.5 Å². The summed E-state index contributed by atoms with van der Waals surface area (Å²) in [5.74, 6) is -0.280. The molecule has 2 aromatic carbocycles. The second-order valence-corrected chi connectivity index (χ2v) is 7.84. The second-order valence-electron chi connectivity index (χ2n) is 6.84. The Labute approximate surface area is 189 Å². The van der Waals surface area contributed by atoms with Crippen LogP contribution in [0.4, 0.5) is 16.5 Å². The van der Waals surface area contributed by atoms with Crippen molar-refractivity contribution in [3.05, 3.63) is 69.6 Å². The van der Waals surface area contributed by atoms with Crippen molar-refractivity contribution >= 4 is 46.2 Å². The van der Waals surface area contributed by atoms with E-state index in [-0.39, 0.29) is 30.1 Å². The molecule has 10 heteroatoms. The number of nitrogens with zero attached hydrogens (tertiary/aromatic N) is 2. The fraction of sp³-hybridized carbons (Fsp3) is 0.238. The number of para-hydroxylation sites is 1. The zero-order valence-corrected chi connectivity index (χ0v) is 18.1. The molecular weight excluding hydrogens is 440 g/mol. The van der Waals surface area contributed by atoms with Crippen LogP contribution in [0.5, 0.6) is 0 Å². The number of amides is 1. The third-order valence-electron chi connectivity index (χ3n) is 4.72. The summed E-state index contributed by atoms with van der Waals surface area (Å²) in [5.41, 5.74) is 1.79. The van der Waals surface area contributed by atoms with Crippen molar-refractivity contribution in [1.82, 2.24) is 4.98 Å². The summed E-state index contributed by atoms with van der Waals surface area (Å²) in [4.78, 5) is 28.5. The van der Waals surface area contributed by atoms with Gasteiger partial charge < -0.3 is 15.4 Å². The molecule has 1 aromatic heterocycles. The molecule has 2 N–H and O–H groups in total. The quantitative estimate of drug-likeness (QED) is 0.380. The second kappa shape index (κ2) is 10.3. The zero-order valence-electron chi connectivity index (χ0n) is 16.4. The van der Waals surface area contributed by atoms with Crippen molar-refractivity contribution in [3.8, 4) is 11.3 Å². The number of carbonyl (C=O) groups is 1. The van der Waals surface area contributed by atoms with Gasteiger partial charge in [0.15, 0.2) is 5.13 Å². The van der Waals surface area contributed by atoms with E-state index in [9.17, 15) is 14.9 Å². The van der Waals surface area contributed by atoms with Gasteiger partial charge >= 0.3 is 0 Å². The first-order valence-corrected chi connectivity index (χ1v) is 10.4. The van der Waals surface area contributed by atoms with E-state index in [1.807, 2.05) is 18.2 Å². The van der Waals surface area contributed by atoms with Crippen LogP contribution in [0.25, 0.3) is 11.3 Å². The number of halogens is 1. The van der Waals surface area contributed by atoms with Crippen molar-refractivity contribution in [2.75, 3.05) is 23.8 Å². The van der Waals surface area contributed by atoms with Gasteiger partial charge in [-0.1, -0.05) is 29.5 Å². The minimum Gasteiger partial charge on any atom is -0.376 e. The maximum atomic E-state index is 13.0. The molecule has 0 saturated carbocycles. The highest BCUT2D eigenvalue weighted by Crippen LogP contribution is 2.33. The smallest absolute Gasteiger partial charge is 0.269 e. The molecule has 0 radical (unpaired) electrons. The Balaban J connectivity index is 0.00000272. The Morgan fingerprint density at radius 1 is 1.19 bits per heavy atom. The molecule has 0 spiro atoms. The molecule has 1 fully saturated rings. The lowest BCUT2D eigenvalue weighted by Crippen LogP contribution is -2.18. The predicted molar refractivity (Wildman–Crippen MR) is 123 cm³/mol. The average molecular weight is 461 g/mol. The van der Waals surface area contributed by atoms with Crippen LogP contribution >= 0.6 is 23.7 Å².